The van der Waals surface area contributed by atoms with Crippen molar-refractivity contribution in [3.63, 3.8) is 0 Å². The van der Waals surface area contributed by atoms with Crippen LogP contribution >= 0.6 is 0 Å². The van der Waals surface area contributed by atoms with Crippen molar-refractivity contribution in [3.05, 3.63) is 131 Å². The number of rotatable bonds is 13. The van der Waals surface area contributed by atoms with Crippen LogP contribution in [0.25, 0.3) is 22.2 Å². The predicted octanol–water partition coefficient (Wildman–Crippen LogP) is 5.78. The molecule has 0 saturated heterocycles. The molecule has 5 aromatic rings. The van der Waals surface area contributed by atoms with Crippen molar-refractivity contribution in [2.24, 2.45) is 0 Å². The molecule has 220 valence electrons. The zero-order chi connectivity index (χ0) is 30.0. The van der Waals surface area contributed by atoms with Crippen molar-refractivity contribution < 1.29 is 19.4 Å². The highest BCUT2D eigenvalue weighted by molar-refractivity contribution is 5.94. The maximum atomic E-state index is 13.3. The lowest BCUT2D eigenvalue weighted by atomic mass is 10.0. The molecular weight excluding hydrogens is 538 g/mol. The molecule has 4 N–H and O–H groups in total. The van der Waals surface area contributed by atoms with Gasteiger partial charge in [-0.15, -0.1) is 0 Å². The molecule has 0 bridgehead atoms. The molecular formula is C36H37N3O4. The van der Waals surface area contributed by atoms with E-state index >= 15 is 0 Å². The van der Waals surface area contributed by atoms with Crippen LogP contribution in [0.5, 0.6) is 0 Å². The van der Waals surface area contributed by atoms with Crippen LogP contribution in [0.15, 0.2) is 109 Å². The van der Waals surface area contributed by atoms with Gasteiger partial charge in [0.2, 0.25) is 5.91 Å². The number of amides is 2. The number of nitrogens with one attached hydrogen (secondary N) is 3. The third kappa shape index (κ3) is 7.77. The van der Waals surface area contributed by atoms with Gasteiger partial charge in [-0.1, -0.05) is 91.0 Å². The molecule has 43 heavy (non-hydrogen) atoms. The molecule has 0 spiro atoms. The van der Waals surface area contributed by atoms with E-state index in [2.05, 4.69) is 33.8 Å². The number of aliphatic hydroxyl groups is 1. The van der Waals surface area contributed by atoms with Crippen molar-refractivity contribution in [2.45, 2.75) is 45.1 Å². The lowest BCUT2D eigenvalue weighted by Gasteiger charge is -2.25. The van der Waals surface area contributed by atoms with Crippen LogP contribution in [-0.4, -0.2) is 40.8 Å². The Bertz CT molecular complexity index is 1630. The smallest absolute Gasteiger partial charge is 0.251 e. The first kappa shape index (κ1) is 29.8. The van der Waals surface area contributed by atoms with Gasteiger partial charge in [0.05, 0.1) is 12.6 Å². The number of benzene rings is 4. The summed E-state index contributed by atoms with van der Waals surface area (Å²) in [6, 6.07) is 34.4. The van der Waals surface area contributed by atoms with E-state index in [1.807, 2.05) is 73.7 Å². The molecule has 0 aliphatic rings. The largest absolute Gasteiger partial charge is 0.366 e. The second-order valence-corrected chi connectivity index (χ2v) is 10.5. The molecule has 0 fully saturated rings. The molecule has 4 aromatic carbocycles. The highest BCUT2D eigenvalue weighted by Crippen LogP contribution is 2.31. The van der Waals surface area contributed by atoms with Crippen molar-refractivity contribution in [3.8, 4) is 11.3 Å². The second kappa shape index (κ2) is 14.4. The normalized spacial score (nSPS) is 12.5. The first-order valence-electron chi connectivity index (χ1n) is 14.7. The fourth-order valence-corrected chi connectivity index (χ4v) is 5.23. The third-order valence-corrected chi connectivity index (χ3v) is 7.44. The number of aromatic amines is 1. The van der Waals surface area contributed by atoms with Gasteiger partial charge in [0.15, 0.2) is 6.29 Å². The average Bonchev–Trinajstić information content (AvgIpc) is 3.42. The molecule has 0 aliphatic heterocycles. The molecule has 2 atom stereocenters. The number of aromatic nitrogens is 1. The van der Waals surface area contributed by atoms with Crippen LogP contribution in [0, 0.1) is 0 Å². The Labute approximate surface area is 251 Å². The first-order valence-corrected chi connectivity index (χ1v) is 14.7. The molecule has 1 aromatic heterocycles. The standard InChI is InChI=1S/C36H37N3O4/c1-2-37-35(41)28-19-17-26(18-20-28)24-43-36(42)32(23-25-11-5-3-6-12-25)38-33(40)22-21-30-29-15-9-10-16-31(29)39-34(30)27-13-7-4-8-14-27/h3-20,32,36,39,42H,2,21-24H2,1H3,(H,37,41)(H,38,40). The topological polar surface area (TPSA) is 103 Å². The summed E-state index contributed by atoms with van der Waals surface area (Å²) in [5, 5.41) is 18.0. The highest BCUT2D eigenvalue weighted by Gasteiger charge is 2.23. The molecule has 0 saturated carbocycles. The Hall–Kier alpha value is -4.72. The van der Waals surface area contributed by atoms with E-state index in [4.69, 9.17) is 4.74 Å². The summed E-state index contributed by atoms with van der Waals surface area (Å²) in [5.41, 5.74) is 6.54. The summed E-state index contributed by atoms with van der Waals surface area (Å²) >= 11 is 0. The van der Waals surface area contributed by atoms with Gasteiger partial charge in [0, 0.05) is 35.1 Å². The van der Waals surface area contributed by atoms with Gasteiger partial charge in [-0.3, -0.25) is 9.59 Å². The number of carbonyl (C=O) groups is 2. The molecule has 5 rings (SSSR count). The van der Waals surface area contributed by atoms with Gasteiger partial charge in [-0.25, -0.2) is 0 Å². The van der Waals surface area contributed by atoms with E-state index in [0.717, 1.165) is 38.9 Å². The molecule has 7 heteroatoms. The first-order chi connectivity index (χ1) is 21.0. The molecule has 0 radical (unpaired) electrons. The molecule has 0 aliphatic carbocycles. The monoisotopic (exact) mass is 575 g/mol. The summed E-state index contributed by atoms with van der Waals surface area (Å²) in [7, 11) is 0. The number of aliphatic hydroxyl groups excluding tert-OH is 1. The fraction of sp³-hybridized carbons (Fsp3) is 0.222. The van der Waals surface area contributed by atoms with Gasteiger partial charge in [0.1, 0.15) is 0 Å². The predicted molar refractivity (Wildman–Crippen MR) is 169 cm³/mol. The summed E-state index contributed by atoms with van der Waals surface area (Å²) in [6.07, 6.45) is -0.0412. The quantitative estimate of drug-likeness (QED) is 0.134. The third-order valence-electron chi connectivity index (χ3n) is 7.44. The summed E-state index contributed by atoms with van der Waals surface area (Å²) in [6.45, 7) is 2.56. The van der Waals surface area contributed by atoms with Crippen LogP contribution in [-0.2, 0) is 29.0 Å². The van der Waals surface area contributed by atoms with E-state index in [1.54, 1.807) is 24.3 Å². The number of fused-ring (bicyclic) bond motifs is 1. The summed E-state index contributed by atoms with van der Waals surface area (Å²) < 4.78 is 5.83. The minimum Gasteiger partial charge on any atom is -0.366 e. The van der Waals surface area contributed by atoms with Crippen molar-refractivity contribution >= 4 is 22.7 Å². The second-order valence-electron chi connectivity index (χ2n) is 10.5. The number of hydrogen-bond acceptors (Lipinski definition) is 4. The lowest BCUT2D eigenvalue weighted by molar-refractivity contribution is -0.140. The van der Waals surface area contributed by atoms with E-state index in [-0.39, 0.29) is 24.8 Å². The number of para-hydroxylation sites is 1. The minimum atomic E-state index is -1.24. The van der Waals surface area contributed by atoms with Crippen molar-refractivity contribution in [1.29, 1.82) is 0 Å². The number of ether oxygens (including phenoxy) is 1. The highest BCUT2D eigenvalue weighted by atomic mass is 16.6. The fourth-order valence-electron chi connectivity index (χ4n) is 5.23. The minimum absolute atomic E-state index is 0.133. The number of H-pyrrole nitrogens is 1. The van der Waals surface area contributed by atoms with Gasteiger partial charge in [-0.05, 0) is 60.2 Å². The van der Waals surface area contributed by atoms with E-state index in [1.165, 1.54) is 0 Å². The summed E-state index contributed by atoms with van der Waals surface area (Å²) in [5.74, 6) is -0.302. The van der Waals surface area contributed by atoms with Crippen LogP contribution in [0.4, 0.5) is 0 Å². The molecule has 2 unspecified atom stereocenters. The van der Waals surface area contributed by atoms with Gasteiger partial charge < -0.3 is 25.5 Å². The van der Waals surface area contributed by atoms with Crippen LogP contribution in [0.2, 0.25) is 0 Å². The van der Waals surface area contributed by atoms with Crippen LogP contribution in [0.1, 0.15) is 40.4 Å². The number of hydrogen-bond donors (Lipinski definition) is 4. The lowest BCUT2D eigenvalue weighted by Crippen LogP contribution is -2.46. The Morgan fingerprint density at radius 1 is 0.837 bits per heavy atom. The van der Waals surface area contributed by atoms with Crippen molar-refractivity contribution in [1.82, 2.24) is 15.6 Å². The SMILES string of the molecule is CCNC(=O)c1ccc(COC(O)C(Cc2ccccc2)NC(=O)CCc2c(-c3ccccc3)[nH]c3ccccc23)cc1. The number of carbonyl (C=O) groups excluding carboxylic acids is 2. The Balaban J connectivity index is 1.26. The number of aryl methyl sites for hydroxylation is 1. The Kier molecular flexibility index (Phi) is 10.00. The van der Waals surface area contributed by atoms with Gasteiger partial charge in [-0.2, -0.15) is 0 Å². The molecule has 2 amide bonds. The van der Waals surface area contributed by atoms with Crippen LogP contribution < -0.4 is 10.6 Å². The van der Waals surface area contributed by atoms with Crippen LogP contribution in [0.3, 0.4) is 0 Å². The van der Waals surface area contributed by atoms with E-state index in [0.29, 0.717) is 24.9 Å². The maximum absolute atomic E-state index is 13.3. The van der Waals surface area contributed by atoms with E-state index in [9.17, 15) is 14.7 Å². The Morgan fingerprint density at radius 2 is 1.51 bits per heavy atom. The molecule has 7 nitrogen and oxygen atoms in total. The van der Waals surface area contributed by atoms with E-state index < -0.39 is 12.3 Å². The zero-order valence-corrected chi connectivity index (χ0v) is 24.3. The molecule has 1 heterocycles. The maximum Gasteiger partial charge on any atom is 0.251 e. The Morgan fingerprint density at radius 3 is 2.23 bits per heavy atom. The summed E-state index contributed by atoms with van der Waals surface area (Å²) in [4.78, 5) is 28.9. The van der Waals surface area contributed by atoms with Gasteiger partial charge >= 0.3 is 0 Å². The van der Waals surface area contributed by atoms with Gasteiger partial charge in [0.25, 0.3) is 5.91 Å². The average molecular weight is 576 g/mol. The zero-order valence-electron chi connectivity index (χ0n) is 24.3. The van der Waals surface area contributed by atoms with Crippen molar-refractivity contribution in [2.75, 3.05) is 6.54 Å².